The molecule has 2 rings (SSSR count). The minimum Gasteiger partial charge on any atom is -0.341 e. The highest BCUT2D eigenvalue weighted by molar-refractivity contribution is 8.01. The maximum absolute atomic E-state index is 11.9. The van der Waals surface area contributed by atoms with E-state index in [0.29, 0.717) is 12.3 Å². The average Bonchev–Trinajstić information content (AvgIpc) is 2.90. The van der Waals surface area contributed by atoms with Gasteiger partial charge in [-0.3, -0.25) is 4.79 Å². The predicted octanol–water partition coefficient (Wildman–Crippen LogP) is 2.29. The molecule has 18 heavy (non-hydrogen) atoms. The van der Waals surface area contributed by atoms with E-state index >= 15 is 0 Å². The van der Waals surface area contributed by atoms with Crippen LogP contribution in [0.3, 0.4) is 0 Å². The molecule has 0 aliphatic rings. The minimum atomic E-state index is 0.0963. The highest BCUT2D eigenvalue weighted by Crippen LogP contribution is 2.19. The summed E-state index contributed by atoms with van der Waals surface area (Å²) < 4.78 is 0.830. The van der Waals surface area contributed by atoms with Gasteiger partial charge in [0.25, 0.3) is 0 Å². The van der Waals surface area contributed by atoms with E-state index in [1.54, 1.807) is 10.4 Å². The van der Waals surface area contributed by atoms with Crippen LogP contribution in [0, 0.1) is 0 Å². The highest BCUT2D eigenvalue weighted by atomic mass is 32.2. The molecule has 0 saturated heterocycles. The molecule has 0 atom stereocenters. The second-order valence-electron chi connectivity index (χ2n) is 3.73. The van der Waals surface area contributed by atoms with Crippen molar-refractivity contribution in [3.05, 3.63) is 41.4 Å². The Bertz CT molecular complexity index is 487. The smallest absolute Gasteiger partial charge is 0.233 e. The molecule has 0 spiro atoms. The molecular weight excluding hydrogens is 266 g/mol. The molecule has 1 heterocycles. The fraction of sp³-hybridized carbons (Fsp3) is 0.250. The molecule has 94 valence electrons. The molecule has 6 heteroatoms. The number of hydrogen-bond donors (Lipinski definition) is 0. The Kier molecular flexibility index (Phi) is 4.72. The number of rotatable bonds is 5. The minimum absolute atomic E-state index is 0.0963. The lowest BCUT2D eigenvalue weighted by molar-refractivity contribution is -0.127. The molecule has 0 N–H and O–H groups in total. The first-order valence-corrected chi connectivity index (χ1v) is 7.29. The molecular formula is C12H13N3OS2. The van der Waals surface area contributed by atoms with Gasteiger partial charge in [0.1, 0.15) is 5.51 Å². The predicted molar refractivity (Wildman–Crippen MR) is 73.5 cm³/mol. The van der Waals surface area contributed by atoms with Gasteiger partial charge >= 0.3 is 0 Å². The summed E-state index contributed by atoms with van der Waals surface area (Å²) in [6.07, 6.45) is 0. The van der Waals surface area contributed by atoms with E-state index in [2.05, 4.69) is 10.2 Å². The monoisotopic (exact) mass is 279 g/mol. The highest BCUT2D eigenvalue weighted by Gasteiger charge is 2.10. The van der Waals surface area contributed by atoms with E-state index in [1.807, 2.05) is 37.4 Å². The van der Waals surface area contributed by atoms with E-state index in [9.17, 15) is 4.79 Å². The molecule has 4 nitrogen and oxygen atoms in total. The summed E-state index contributed by atoms with van der Waals surface area (Å²) in [5, 5.41) is 7.63. The number of nitrogens with zero attached hydrogens (tertiary/aromatic N) is 3. The summed E-state index contributed by atoms with van der Waals surface area (Å²) >= 11 is 2.88. The van der Waals surface area contributed by atoms with E-state index in [0.717, 1.165) is 9.90 Å². The fourth-order valence-corrected chi connectivity index (χ4v) is 2.83. The van der Waals surface area contributed by atoms with Gasteiger partial charge in [-0.15, -0.1) is 10.2 Å². The van der Waals surface area contributed by atoms with Gasteiger partial charge in [-0.25, -0.2) is 0 Å². The molecule has 0 unspecified atom stereocenters. The van der Waals surface area contributed by atoms with Crippen LogP contribution in [-0.4, -0.2) is 33.8 Å². The van der Waals surface area contributed by atoms with Gasteiger partial charge in [0.05, 0.1) is 5.75 Å². The summed E-state index contributed by atoms with van der Waals surface area (Å²) in [7, 11) is 1.82. The van der Waals surface area contributed by atoms with Crippen LogP contribution in [0.5, 0.6) is 0 Å². The Morgan fingerprint density at radius 2 is 2.17 bits per heavy atom. The Labute approximate surface area is 114 Å². The molecule has 0 saturated carbocycles. The maximum atomic E-state index is 11.9. The Hall–Kier alpha value is -1.40. The Morgan fingerprint density at radius 1 is 1.39 bits per heavy atom. The Morgan fingerprint density at radius 3 is 2.83 bits per heavy atom. The molecule has 2 aromatic rings. The molecule has 0 aliphatic carbocycles. The van der Waals surface area contributed by atoms with Crippen LogP contribution in [-0.2, 0) is 11.3 Å². The first-order chi connectivity index (χ1) is 8.75. The topological polar surface area (TPSA) is 46.1 Å². The largest absolute Gasteiger partial charge is 0.341 e. The fourth-order valence-electron chi connectivity index (χ4n) is 1.40. The third kappa shape index (κ3) is 3.82. The van der Waals surface area contributed by atoms with Crippen LogP contribution in [0.25, 0.3) is 0 Å². The van der Waals surface area contributed by atoms with E-state index in [1.165, 1.54) is 23.1 Å². The van der Waals surface area contributed by atoms with Crippen molar-refractivity contribution < 1.29 is 4.79 Å². The summed E-state index contributed by atoms with van der Waals surface area (Å²) in [6.45, 7) is 0.635. The zero-order valence-corrected chi connectivity index (χ0v) is 11.6. The molecule has 1 aromatic carbocycles. The number of carbonyl (C=O) groups excluding carboxylic acids is 1. The summed E-state index contributed by atoms with van der Waals surface area (Å²) in [6, 6.07) is 9.95. The molecule has 1 aromatic heterocycles. The lowest BCUT2D eigenvalue weighted by atomic mass is 10.2. The van der Waals surface area contributed by atoms with Crippen molar-refractivity contribution in [2.24, 2.45) is 0 Å². The van der Waals surface area contributed by atoms with E-state index < -0.39 is 0 Å². The number of aromatic nitrogens is 2. The molecule has 0 radical (unpaired) electrons. The lowest BCUT2D eigenvalue weighted by Gasteiger charge is -2.16. The van der Waals surface area contributed by atoms with Crippen LogP contribution in [0.2, 0.25) is 0 Å². The number of amides is 1. The van der Waals surface area contributed by atoms with Crippen molar-refractivity contribution in [3.63, 3.8) is 0 Å². The van der Waals surface area contributed by atoms with Crippen molar-refractivity contribution in [1.29, 1.82) is 0 Å². The third-order valence-electron chi connectivity index (χ3n) is 2.35. The molecule has 0 fully saturated rings. The van der Waals surface area contributed by atoms with Crippen molar-refractivity contribution >= 4 is 29.0 Å². The van der Waals surface area contributed by atoms with E-state index in [-0.39, 0.29) is 5.91 Å². The van der Waals surface area contributed by atoms with Crippen molar-refractivity contribution in [2.75, 3.05) is 12.8 Å². The van der Waals surface area contributed by atoms with Crippen LogP contribution in [0.4, 0.5) is 0 Å². The molecule has 0 aliphatic heterocycles. The lowest BCUT2D eigenvalue weighted by Crippen LogP contribution is -2.27. The summed E-state index contributed by atoms with van der Waals surface area (Å²) in [5.41, 5.74) is 2.80. The van der Waals surface area contributed by atoms with Gasteiger partial charge in [-0.05, 0) is 5.56 Å². The van der Waals surface area contributed by atoms with Gasteiger partial charge in [0.2, 0.25) is 5.91 Å². The number of carbonyl (C=O) groups is 1. The van der Waals surface area contributed by atoms with Crippen LogP contribution in [0.15, 0.2) is 40.2 Å². The maximum Gasteiger partial charge on any atom is 0.233 e. The van der Waals surface area contributed by atoms with Gasteiger partial charge < -0.3 is 4.90 Å². The van der Waals surface area contributed by atoms with Crippen molar-refractivity contribution in [1.82, 2.24) is 15.1 Å². The first kappa shape index (κ1) is 13.0. The number of hydrogen-bond acceptors (Lipinski definition) is 5. The average molecular weight is 279 g/mol. The van der Waals surface area contributed by atoms with E-state index in [4.69, 9.17) is 0 Å². The normalized spacial score (nSPS) is 10.3. The van der Waals surface area contributed by atoms with Crippen LogP contribution in [0.1, 0.15) is 5.56 Å². The van der Waals surface area contributed by atoms with Crippen molar-refractivity contribution in [2.45, 2.75) is 10.9 Å². The third-order valence-corrected chi connectivity index (χ3v) is 4.19. The summed E-state index contributed by atoms with van der Waals surface area (Å²) in [4.78, 5) is 13.6. The first-order valence-electron chi connectivity index (χ1n) is 5.42. The van der Waals surface area contributed by atoms with Crippen molar-refractivity contribution in [3.8, 4) is 0 Å². The molecule has 0 bridgehead atoms. The van der Waals surface area contributed by atoms with Gasteiger partial charge in [-0.1, -0.05) is 53.4 Å². The molecule has 1 amide bonds. The SMILES string of the molecule is CN(Cc1ccccc1)C(=O)CSc1nncs1. The summed E-state index contributed by atoms with van der Waals surface area (Å²) in [5.74, 6) is 0.498. The zero-order valence-electron chi connectivity index (χ0n) is 9.94. The van der Waals surface area contributed by atoms with Crippen LogP contribution < -0.4 is 0 Å². The van der Waals surface area contributed by atoms with Gasteiger partial charge in [0, 0.05) is 13.6 Å². The van der Waals surface area contributed by atoms with Gasteiger partial charge in [0.15, 0.2) is 4.34 Å². The quantitative estimate of drug-likeness (QED) is 0.788. The second kappa shape index (κ2) is 6.51. The van der Waals surface area contributed by atoms with Crippen LogP contribution >= 0.6 is 23.1 Å². The zero-order chi connectivity index (χ0) is 12.8. The number of thioether (sulfide) groups is 1. The number of benzene rings is 1. The second-order valence-corrected chi connectivity index (χ2v) is 5.78. The standard InChI is InChI=1S/C12H13N3OS2/c1-15(7-10-5-3-2-4-6-10)11(16)8-17-12-14-13-9-18-12/h2-6,9H,7-8H2,1H3. The Balaban J connectivity index is 1.82. The van der Waals surface area contributed by atoms with Gasteiger partial charge in [-0.2, -0.15) is 0 Å².